The van der Waals surface area contributed by atoms with Gasteiger partial charge in [0, 0.05) is 26.2 Å². The van der Waals surface area contributed by atoms with Crippen molar-refractivity contribution in [1.29, 1.82) is 0 Å². The molecule has 5 nitrogen and oxygen atoms in total. The molecule has 1 spiro atoms. The summed E-state index contributed by atoms with van der Waals surface area (Å²) in [6.45, 7) is 9.62. The van der Waals surface area contributed by atoms with Crippen molar-refractivity contribution in [3.63, 3.8) is 0 Å². The zero-order chi connectivity index (χ0) is 16.7. The molecule has 0 bridgehead atoms. The van der Waals surface area contributed by atoms with Crippen molar-refractivity contribution in [2.45, 2.75) is 45.3 Å². The highest BCUT2D eigenvalue weighted by atomic mass is 15.4. The van der Waals surface area contributed by atoms with Gasteiger partial charge in [-0.15, -0.1) is 10.2 Å². The molecule has 1 aromatic carbocycles. The number of aryl methyl sites for hydroxylation is 2. The standard InChI is InChI=1S/C19H27N5/c1-15-5-4-6-17(11-15)12-23-9-7-19(8-10-23)14-22(3)13-18-21-20-16(2)24(18)19/h4-6,11H,7-10,12-14H2,1-3H3. The zero-order valence-electron chi connectivity index (χ0n) is 15.0. The monoisotopic (exact) mass is 325 g/mol. The summed E-state index contributed by atoms with van der Waals surface area (Å²) in [6.07, 6.45) is 2.35. The molecule has 1 fully saturated rings. The lowest BCUT2D eigenvalue weighted by Gasteiger charge is -2.48. The molecule has 24 heavy (non-hydrogen) atoms. The third kappa shape index (κ3) is 2.76. The highest BCUT2D eigenvalue weighted by Gasteiger charge is 2.42. The Balaban J connectivity index is 1.50. The Morgan fingerprint density at radius 2 is 1.92 bits per heavy atom. The Bertz CT molecular complexity index is 727. The summed E-state index contributed by atoms with van der Waals surface area (Å²) >= 11 is 0. The van der Waals surface area contributed by atoms with E-state index in [9.17, 15) is 0 Å². The van der Waals surface area contributed by atoms with E-state index in [0.29, 0.717) is 0 Å². The predicted octanol–water partition coefficient (Wildman–Crippen LogP) is 2.33. The summed E-state index contributed by atoms with van der Waals surface area (Å²) in [5.74, 6) is 2.21. The Morgan fingerprint density at radius 1 is 1.12 bits per heavy atom. The molecule has 3 heterocycles. The van der Waals surface area contributed by atoms with Gasteiger partial charge < -0.3 is 4.57 Å². The van der Waals surface area contributed by atoms with Crippen molar-refractivity contribution in [1.82, 2.24) is 24.6 Å². The van der Waals surface area contributed by atoms with E-state index < -0.39 is 0 Å². The van der Waals surface area contributed by atoms with Crippen LogP contribution in [-0.4, -0.2) is 51.2 Å². The van der Waals surface area contributed by atoms with Crippen molar-refractivity contribution >= 4 is 0 Å². The second-order valence-corrected chi connectivity index (χ2v) is 7.66. The first-order chi connectivity index (χ1) is 11.6. The Morgan fingerprint density at radius 3 is 2.67 bits per heavy atom. The smallest absolute Gasteiger partial charge is 0.147 e. The minimum absolute atomic E-state index is 0.180. The summed E-state index contributed by atoms with van der Waals surface area (Å²) in [7, 11) is 2.20. The molecule has 0 amide bonds. The van der Waals surface area contributed by atoms with Crippen molar-refractivity contribution in [3.8, 4) is 0 Å². The van der Waals surface area contributed by atoms with Gasteiger partial charge in [0.25, 0.3) is 0 Å². The number of hydrogen-bond donors (Lipinski definition) is 0. The van der Waals surface area contributed by atoms with Gasteiger partial charge in [0.2, 0.25) is 0 Å². The number of hydrogen-bond acceptors (Lipinski definition) is 4. The fraction of sp³-hybridized carbons (Fsp3) is 0.579. The van der Waals surface area contributed by atoms with Gasteiger partial charge in [-0.2, -0.15) is 0 Å². The van der Waals surface area contributed by atoms with E-state index in [2.05, 4.69) is 69.7 Å². The fourth-order valence-corrected chi connectivity index (χ4v) is 4.57. The number of benzene rings is 1. The van der Waals surface area contributed by atoms with Gasteiger partial charge in [0.05, 0.1) is 12.1 Å². The molecule has 1 saturated heterocycles. The average Bonchev–Trinajstić information content (AvgIpc) is 2.91. The van der Waals surface area contributed by atoms with Gasteiger partial charge in [-0.25, -0.2) is 0 Å². The SMILES string of the molecule is Cc1cccc(CN2CCC3(CC2)CN(C)Cc2nnc(C)n23)c1. The average molecular weight is 325 g/mol. The molecule has 2 aromatic rings. The molecule has 128 valence electrons. The molecule has 0 N–H and O–H groups in total. The normalized spacial score (nSPS) is 21.1. The topological polar surface area (TPSA) is 37.2 Å². The van der Waals surface area contributed by atoms with E-state index in [1.165, 1.54) is 24.0 Å². The van der Waals surface area contributed by atoms with E-state index in [4.69, 9.17) is 0 Å². The van der Waals surface area contributed by atoms with E-state index in [1.807, 2.05) is 0 Å². The van der Waals surface area contributed by atoms with Crippen molar-refractivity contribution in [3.05, 3.63) is 47.0 Å². The van der Waals surface area contributed by atoms with Gasteiger partial charge in [0.15, 0.2) is 0 Å². The summed E-state index contributed by atoms with van der Waals surface area (Å²) in [4.78, 5) is 4.99. The number of likely N-dealkylation sites (N-methyl/N-ethyl adjacent to an activating group) is 1. The third-order valence-corrected chi connectivity index (χ3v) is 5.62. The van der Waals surface area contributed by atoms with Crippen molar-refractivity contribution in [2.24, 2.45) is 0 Å². The maximum Gasteiger partial charge on any atom is 0.147 e. The van der Waals surface area contributed by atoms with Crippen LogP contribution in [0.25, 0.3) is 0 Å². The summed E-state index contributed by atoms with van der Waals surface area (Å²) in [5, 5.41) is 8.76. The molecule has 4 rings (SSSR count). The Hall–Kier alpha value is -1.72. The maximum absolute atomic E-state index is 4.41. The number of fused-ring (bicyclic) bond motifs is 2. The summed E-state index contributed by atoms with van der Waals surface area (Å²) < 4.78 is 2.44. The van der Waals surface area contributed by atoms with Gasteiger partial charge in [-0.05, 0) is 39.3 Å². The van der Waals surface area contributed by atoms with Crippen LogP contribution in [0.3, 0.4) is 0 Å². The fourth-order valence-electron chi connectivity index (χ4n) is 4.57. The van der Waals surface area contributed by atoms with Crippen LogP contribution in [0.5, 0.6) is 0 Å². The Labute approximate surface area is 144 Å². The molecule has 0 radical (unpaired) electrons. The highest BCUT2D eigenvalue weighted by Crippen LogP contribution is 2.36. The van der Waals surface area contributed by atoms with E-state index in [-0.39, 0.29) is 5.54 Å². The number of likely N-dealkylation sites (tertiary alicyclic amines) is 1. The maximum atomic E-state index is 4.41. The lowest BCUT2D eigenvalue weighted by atomic mass is 9.84. The number of piperidine rings is 1. The molecular formula is C19H27N5. The van der Waals surface area contributed by atoms with Crippen LogP contribution in [0, 0.1) is 13.8 Å². The lowest BCUT2D eigenvalue weighted by molar-refractivity contribution is 0.0462. The second kappa shape index (κ2) is 5.97. The number of nitrogens with zero attached hydrogens (tertiary/aromatic N) is 5. The van der Waals surface area contributed by atoms with Crippen LogP contribution < -0.4 is 0 Å². The second-order valence-electron chi connectivity index (χ2n) is 7.66. The van der Waals surface area contributed by atoms with Crippen molar-refractivity contribution in [2.75, 3.05) is 26.7 Å². The van der Waals surface area contributed by atoms with Crippen LogP contribution in [0.4, 0.5) is 0 Å². The molecule has 1 aromatic heterocycles. The lowest BCUT2D eigenvalue weighted by Crippen LogP contribution is -2.55. The van der Waals surface area contributed by atoms with E-state index in [1.54, 1.807) is 0 Å². The number of rotatable bonds is 2. The zero-order valence-corrected chi connectivity index (χ0v) is 15.0. The summed E-state index contributed by atoms with van der Waals surface area (Å²) in [5.41, 5.74) is 2.95. The first-order valence-electron chi connectivity index (χ1n) is 8.94. The van der Waals surface area contributed by atoms with Crippen LogP contribution >= 0.6 is 0 Å². The van der Waals surface area contributed by atoms with E-state index in [0.717, 1.165) is 44.4 Å². The minimum Gasteiger partial charge on any atom is -0.306 e. The first-order valence-corrected chi connectivity index (χ1v) is 8.94. The third-order valence-electron chi connectivity index (χ3n) is 5.62. The van der Waals surface area contributed by atoms with Crippen LogP contribution in [0.1, 0.15) is 35.6 Å². The molecule has 0 saturated carbocycles. The van der Waals surface area contributed by atoms with Crippen LogP contribution in [0.15, 0.2) is 24.3 Å². The van der Waals surface area contributed by atoms with Crippen LogP contribution in [0.2, 0.25) is 0 Å². The van der Waals surface area contributed by atoms with Gasteiger partial charge in [-0.3, -0.25) is 9.80 Å². The molecule has 0 atom stereocenters. The van der Waals surface area contributed by atoms with Gasteiger partial charge in [0.1, 0.15) is 11.6 Å². The highest BCUT2D eigenvalue weighted by molar-refractivity contribution is 5.22. The Kier molecular flexibility index (Phi) is 3.93. The molecule has 5 heteroatoms. The molecule has 2 aliphatic rings. The summed E-state index contributed by atoms with van der Waals surface area (Å²) in [6, 6.07) is 8.89. The van der Waals surface area contributed by atoms with Gasteiger partial charge >= 0.3 is 0 Å². The van der Waals surface area contributed by atoms with E-state index >= 15 is 0 Å². The number of aromatic nitrogens is 3. The largest absolute Gasteiger partial charge is 0.306 e. The first kappa shape index (κ1) is 15.8. The predicted molar refractivity (Wildman–Crippen MR) is 94.8 cm³/mol. The quantitative estimate of drug-likeness (QED) is 0.849. The van der Waals surface area contributed by atoms with Crippen LogP contribution in [-0.2, 0) is 18.6 Å². The molecule has 0 aliphatic carbocycles. The molecule has 2 aliphatic heterocycles. The van der Waals surface area contributed by atoms with Gasteiger partial charge in [-0.1, -0.05) is 29.8 Å². The molecule has 0 unspecified atom stereocenters. The molecular weight excluding hydrogens is 298 g/mol. The van der Waals surface area contributed by atoms with Crippen molar-refractivity contribution < 1.29 is 0 Å². The minimum atomic E-state index is 0.180.